The average Bonchev–Trinajstić information content (AvgIpc) is 2.23. The first-order valence-electron chi connectivity index (χ1n) is 5.06. The second-order valence-corrected chi connectivity index (χ2v) is 5.27. The molecule has 0 spiro atoms. The van der Waals surface area contributed by atoms with Crippen LogP contribution in [0.3, 0.4) is 0 Å². The Bertz CT molecular complexity index is 540. The van der Waals surface area contributed by atoms with E-state index >= 15 is 0 Å². The van der Waals surface area contributed by atoms with Crippen molar-refractivity contribution in [2.45, 2.75) is 19.8 Å². The van der Waals surface area contributed by atoms with E-state index in [1.54, 1.807) is 12.1 Å². The number of hydrogen-bond donors (Lipinski definition) is 0. The molecule has 0 bridgehead atoms. The van der Waals surface area contributed by atoms with Gasteiger partial charge in [-0.1, -0.05) is 36.5 Å². The molecule has 0 atom stereocenters. The van der Waals surface area contributed by atoms with Gasteiger partial charge in [0.05, 0.1) is 15.6 Å². The highest BCUT2D eigenvalue weighted by atomic mass is 79.9. The molecule has 0 saturated carbocycles. The minimum atomic E-state index is 0.637. The monoisotopic (exact) mass is 317 g/mol. The molecule has 2 rings (SSSR count). The van der Waals surface area contributed by atoms with E-state index in [4.69, 9.17) is 23.2 Å². The number of rotatable bonds is 2. The first-order chi connectivity index (χ1) is 7.63. The van der Waals surface area contributed by atoms with Crippen molar-refractivity contribution in [2.24, 2.45) is 0 Å². The smallest absolute Gasteiger partial charge is 0.0917 e. The summed E-state index contributed by atoms with van der Waals surface area (Å²) in [5.41, 5.74) is 1.80. The second kappa shape index (κ2) is 4.91. The predicted molar refractivity (Wildman–Crippen MR) is 73.5 cm³/mol. The molecule has 0 aliphatic rings. The molecule has 0 aliphatic heterocycles. The molecule has 4 heteroatoms. The van der Waals surface area contributed by atoms with Gasteiger partial charge < -0.3 is 0 Å². The minimum Gasteiger partial charge on any atom is -0.251 e. The number of nitrogens with zero attached hydrogens (tertiary/aromatic N) is 1. The van der Waals surface area contributed by atoms with Gasteiger partial charge in [0.25, 0.3) is 0 Å². The van der Waals surface area contributed by atoms with Crippen LogP contribution in [0.25, 0.3) is 10.9 Å². The van der Waals surface area contributed by atoms with Crippen molar-refractivity contribution < 1.29 is 0 Å². The first kappa shape index (κ1) is 12.2. The number of pyridine rings is 1. The Kier molecular flexibility index (Phi) is 3.73. The molecule has 1 aromatic heterocycles. The van der Waals surface area contributed by atoms with Gasteiger partial charge in [-0.15, -0.1) is 0 Å². The van der Waals surface area contributed by atoms with E-state index in [-0.39, 0.29) is 0 Å². The van der Waals surface area contributed by atoms with Gasteiger partial charge in [-0.25, -0.2) is 0 Å². The SMILES string of the molecule is CCCc1cc(Br)c2c(Cl)ccc(Cl)c2n1. The predicted octanol–water partition coefficient (Wildman–Crippen LogP) is 5.26. The third-order valence-corrected chi connectivity index (χ3v) is 3.62. The van der Waals surface area contributed by atoms with Crippen molar-refractivity contribution in [3.63, 3.8) is 0 Å². The van der Waals surface area contributed by atoms with Crippen LogP contribution in [0.1, 0.15) is 19.0 Å². The second-order valence-electron chi connectivity index (χ2n) is 3.60. The van der Waals surface area contributed by atoms with E-state index in [2.05, 4.69) is 27.8 Å². The zero-order valence-corrected chi connectivity index (χ0v) is 11.8. The summed E-state index contributed by atoms with van der Waals surface area (Å²) in [5.74, 6) is 0. The molecule has 84 valence electrons. The van der Waals surface area contributed by atoms with Crippen molar-refractivity contribution in [1.82, 2.24) is 4.98 Å². The van der Waals surface area contributed by atoms with Crippen LogP contribution in [0.5, 0.6) is 0 Å². The molecule has 0 N–H and O–H groups in total. The lowest BCUT2D eigenvalue weighted by molar-refractivity contribution is 0.889. The summed E-state index contributed by atoms with van der Waals surface area (Å²) in [5, 5.41) is 2.19. The van der Waals surface area contributed by atoms with Crippen molar-refractivity contribution in [2.75, 3.05) is 0 Å². The number of hydrogen-bond acceptors (Lipinski definition) is 1. The highest BCUT2D eigenvalue weighted by molar-refractivity contribution is 9.10. The van der Waals surface area contributed by atoms with Crippen LogP contribution < -0.4 is 0 Å². The molecule has 2 aromatic rings. The van der Waals surface area contributed by atoms with Crippen LogP contribution in [-0.2, 0) is 6.42 Å². The molecule has 0 aliphatic carbocycles. The van der Waals surface area contributed by atoms with Gasteiger partial charge in [-0.2, -0.15) is 0 Å². The average molecular weight is 319 g/mol. The summed E-state index contributed by atoms with van der Waals surface area (Å²) in [4.78, 5) is 4.54. The number of fused-ring (bicyclic) bond motifs is 1. The highest BCUT2D eigenvalue weighted by Gasteiger charge is 2.10. The molecule has 0 radical (unpaired) electrons. The molecule has 16 heavy (non-hydrogen) atoms. The summed E-state index contributed by atoms with van der Waals surface area (Å²) in [7, 11) is 0. The van der Waals surface area contributed by atoms with Crippen molar-refractivity contribution in [3.8, 4) is 0 Å². The van der Waals surface area contributed by atoms with Gasteiger partial charge in [0.1, 0.15) is 0 Å². The molecule has 0 unspecified atom stereocenters. The van der Waals surface area contributed by atoms with E-state index in [1.165, 1.54) is 0 Å². The van der Waals surface area contributed by atoms with Crippen LogP contribution in [-0.4, -0.2) is 4.98 Å². The highest BCUT2D eigenvalue weighted by Crippen LogP contribution is 2.34. The Morgan fingerprint density at radius 3 is 2.62 bits per heavy atom. The van der Waals surface area contributed by atoms with Crippen LogP contribution in [0.2, 0.25) is 10.0 Å². The molecule has 1 nitrogen and oxygen atoms in total. The number of aryl methyl sites for hydroxylation is 1. The normalized spacial score (nSPS) is 11.0. The largest absolute Gasteiger partial charge is 0.251 e. The number of benzene rings is 1. The molecular weight excluding hydrogens is 309 g/mol. The van der Waals surface area contributed by atoms with Gasteiger partial charge in [0.2, 0.25) is 0 Å². The van der Waals surface area contributed by atoms with Gasteiger partial charge >= 0.3 is 0 Å². The molecule has 0 amide bonds. The van der Waals surface area contributed by atoms with Crippen molar-refractivity contribution >= 4 is 50.0 Å². The lowest BCUT2D eigenvalue weighted by atomic mass is 10.1. The third-order valence-electron chi connectivity index (χ3n) is 2.37. The zero-order chi connectivity index (χ0) is 11.7. The van der Waals surface area contributed by atoms with Crippen LogP contribution >= 0.6 is 39.1 Å². The number of aromatic nitrogens is 1. The van der Waals surface area contributed by atoms with Crippen molar-refractivity contribution in [1.29, 1.82) is 0 Å². The molecule has 0 fully saturated rings. The summed E-state index contributed by atoms with van der Waals surface area (Å²) in [6.07, 6.45) is 2.00. The van der Waals surface area contributed by atoms with Crippen LogP contribution in [0.4, 0.5) is 0 Å². The summed E-state index contributed by atoms with van der Waals surface area (Å²) in [6, 6.07) is 5.58. The van der Waals surface area contributed by atoms with Gasteiger partial charge in [0.15, 0.2) is 0 Å². The van der Waals surface area contributed by atoms with E-state index in [9.17, 15) is 0 Å². The number of halogens is 3. The molecule has 1 aromatic carbocycles. The van der Waals surface area contributed by atoms with Crippen LogP contribution in [0.15, 0.2) is 22.7 Å². The fourth-order valence-electron chi connectivity index (χ4n) is 1.66. The standard InChI is InChI=1S/C12H10BrCl2N/c1-2-3-7-6-8(13)11-9(14)4-5-10(15)12(11)16-7/h4-6H,2-3H2,1H3. The Hall–Kier alpha value is -0.310. The molecular formula is C12H10BrCl2N. The maximum absolute atomic E-state index is 6.14. The maximum atomic E-state index is 6.14. The lowest BCUT2D eigenvalue weighted by Crippen LogP contribution is -1.92. The van der Waals surface area contributed by atoms with Gasteiger partial charge in [-0.3, -0.25) is 4.98 Å². The molecule has 1 heterocycles. The van der Waals surface area contributed by atoms with Crippen LogP contribution in [0, 0.1) is 0 Å². The van der Waals surface area contributed by atoms with E-state index < -0.39 is 0 Å². The Morgan fingerprint density at radius 1 is 1.25 bits per heavy atom. The Labute approximate surface area is 113 Å². The first-order valence-corrected chi connectivity index (χ1v) is 6.61. The summed E-state index contributed by atoms with van der Waals surface area (Å²) in [6.45, 7) is 2.12. The molecule has 0 saturated heterocycles. The quantitative estimate of drug-likeness (QED) is 0.736. The zero-order valence-electron chi connectivity index (χ0n) is 8.73. The Morgan fingerprint density at radius 2 is 1.94 bits per heavy atom. The van der Waals surface area contributed by atoms with E-state index in [0.717, 1.165) is 33.9 Å². The fourth-order valence-corrected chi connectivity index (χ4v) is 2.89. The minimum absolute atomic E-state index is 0.637. The Balaban J connectivity index is 2.76. The van der Waals surface area contributed by atoms with Gasteiger partial charge in [-0.05, 0) is 40.5 Å². The van der Waals surface area contributed by atoms with E-state index in [0.29, 0.717) is 10.0 Å². The summed E-state index contributed by atoms with van der Waals surface area (Å²) < 4.78 is 0.952. The summed E-state index contributed by atoms with van der Waals surface area (Å²) >= 11 is 15.8. The fraction of sp³-hybridized carbons (Fsp3) is 0.250. The van der Waals surface area contributed by atoms with E-state index in [1.807, 2.05) is 6.07 Å². The van der Waals surface area contributed by atoms with Crippen molar-refractivity contribution in [3.05, 3.63) is 38.4 Å². The maximum Gasteiger partial charge on any atom is 0.0917 e. The topological polar surface area (TPSA) is 12.9 Å². The van der Waals surface area contributed by atoms with Gasteiger partial charge in [0, 0.05) is 15.6 Å². The third kappa shape index (κ3) is 2.20. The lowest BCUT2D eigenvalue weighted by Gasteiger charge is -2.07.